The van der Waals surface area contributed by atoms with Gasteiger partial charge in [0.25, 0.3) is 5.91 Å². The molecular weight excluding hydrogens is 269 g/mol. The Morgan fingerprint density at radius 3 is 2.33 bits per heavy atom. The molecule has 0 spiro atoms. The molecule has 0 saturated carbocycles. The summed E-state index contributed by atoms with van der Waals surface area (Å²) in [4.78, 5) is 14.0. The predicted octanol–water partition coefficient (Wildman–Crippen LogP) is 3.65. The first-order valence-electron chi connectivity index (χ1n) is 6.84. The lowest BCUT2D eigenvalue weighted by atomic mass is 10.2. The van der Waals surface area contributed by atoms with E-state index in [4.69, 9.17) is 4.74 Å². The standard InChI is InChI=1S/C17H18FNO2/c1-13(2)19(14-8-4-3-5-9-14)17(20)12-21-16-11-7-6-10-15(16)18/h3-11,13H,12H2,1-2H3. The topological polar surface area (TPSA) is 29.5 Å². The van der Waals surface area contributed by atoms with Crippen molar-refractivity contribution in [3.63, 3.8) is 0 Å². The van der Waals surface area contributed by atoms with Crippen LogP contribution in [0.1, 0.15) is 13.8 Å². The number of carbonyl (C=O) groups is 1. The lowest BCUT2D eigenvalue weighted by Crippen LogP contribution is -2.40. The van der Waals surface area contributed by atoms with Crippen molar-refractivity contribution < 1.29 is 13.9 Å². The van der Waals surface area contributed by atoms with Gasteiger partial charge in [-0.1, -0.05) is 30.3 Å². The molecular formula is C17H18FNO2. The number of halogens is 1. The third-order valence-electron chi connectivity index (χ3n) is 3.01. The minimum atomic E-state index is -0.471. The molecule has 4 heteroatoms. The molecule has 0 unspecified atom stereocenters. The Labute approximate surface area is 124 Å². The first-order chi connectivity index (χ1) is 10.1. The van der Waals surface area contributed by atoms with Crippen LogP contribution in [0, 0.1) is 5.82 Å². The summed E-state index contributed by atoms with van der Waals surface area (Å²) in [6.07, 6.45) is 0. The zero-order valence-electron chi connectivity index (χ0n) is 12.1. The van der Waals surface area contributed by atoms with Crippen LogP contribution in [0.5, 0.6) is 5.75 Å². The van der Waals surface area contributed by atoms with Gasteiger partial charge in [-0.15, -0.1) is 0 Å². The molecule has 0 saturated heterocycles. The van der Waals surface area contributed by atoms with Crippen molar-refractivity contribution in [2.75, 3.05) is 11.5 Å². The maximum absolute atomic E-state index is 13.5. The molecule has 0 fully saturated rings. The number of anilines is 1. The Hall–Kier alpha value is -2.36. The lowest BCUT2D eigenvalue weighted by molar-refractivity contribution is -0.120. The Bertz CT molecular complexity index is 599. The molecule has 3 nitrogen and oxygen atoms in total. The van der Waals surface area contributed by atoms with Crippen LogP contribution in [0.25, 0.3) is 0 Å². The van der Waals surface area contributed by atoms with Gasteiger partial charge in [-0.2, -0.15) is 0 Å². The van der Waals surface area contributed by atoms with E-state index in [0.717, 1.165) is 5.69 Å². The maximum atomic E-state index is 13.5. The van der Waals surface area contributed by atoms with Crippen molar-refractivity contribution in [1.82, 2.24) is 0 Å². The smallest absolute Gasteiger partial charge is 0.265 e. The zero-order valence-corrected chi connectivity index (χ0v) is 12.1. The van der Waals surface area contributed by atoms with Crippen molar-refractivity contribution in [1.29, 1.82) is 0 Å². The molecule has 110 valence electrons. The fourth-order valence-electron chi connectivity index (χ4n) is 2.09. The quantitative estimate of drug-likeness (QED) is 0.840. The minimum Gasteiger partial charge on any atom is -0.481 e. The van der Waals surface area contributed by atoms with Gasteiger partial charge in [-0.25, -0.2) is 4.39 Å². The molecule has 21 heavy (non-hydrogen) atoms. The van der Waals surface area contributed by atoms with Crippen molar-refractivity contribution in [2.45, 2.75) is 19.9 Å². The molecule has 2 aromatic rings. The van der Waals surface area contributed by atoms with Gasteiger partial charge in [0.05, 0.1) is 0 Å². The van der Waals surface area contributed by atoms with Crippen molar-refractivity contribution >= 4 is 11.6 Å². The minimum absolute atomic E-state index is 0.0101. The molecule has 0 bridgehead atoms. The lowest BCUT2D eigenvalue weighted by Gasteiger charge is -2.26. The van der Waals surface area contributed by atoms with Gasteiger partial charge in [0.15, 0.2) is 18.2 Å². The third-order valence-corrected chi connectivity index (χ3v) is 3.01. The highest BCUT2D eigenvalue weighted by molar-refractivity contribution is 5.94. The van der Waals surface area contributed by atoms with E-state index < -0.39 is 5.82 Å². The van der Waals surface area contributed by atoms with E-state index in [9.17, 15) is 9.18 Å². The van der Waals surface area contributed by atoms with E-state index in [1.807, 2.05) is 44.2 Å². The highest BCUT2D eigenvalue weighted by atomic mass is 19.1. The molecule has 2 rings (SSSR count). The zero-order chi connectivity index (χ0) is 15.2. The molecule has 0 N–H and O–H groups in total. The number of rotatable bonds is 5. The average molecular weight is 287 g/mol. The maximum Gasteiger partial charge on any atom is 0.265 e. The summed E-state index contributed by atoms with van der Waals surface area (Å²) >= 11 is 0. The van der Waals surface area contributed by atoms with E-state index in [0.29, 0.717) is 0 Å². The van der Waals surface area contributed by atoms with E-state index in [-0.39, 0.29) is 24.3 Å². The second-order valence-electron chi connectivity index (χ2n) is 4.91. The Kier molecular flexibility index (Phi) is 4.93. The largest absolute Gasteiger partial charge is 0.481 e. The molecule has 0 aliphatic heterocycles. The molecule has 0 radical (unpaired) electrons. The molecule has 2 aromatic carbocycles. The molecule has 0 atom stereocenters. The number of carbonyl (C=O) groups excluding carboxylic acids is 1. The number of nitrogens with zero attached hydrogens (tertiary/aromatic N) is 1. The number of hydrogen-bond acceptors (Lipinski definition) is 2. The van der Waals surface area contributed by atoms with Gasteiger partial charge in [-0.3, -0.25) is 4.79 Å². The van der Waals surface area contributed by atoms with Crippen LogP contribution >= 0.6 is 0 Å². The van der Waals surface area contributed by atoms with Crippen LogP contribution in [-0.4, -0.2) is 18.6 Å². The van der Waals surface area contributed by atoms with Gasteiger partial charge >= 0.3 is 0 Å². The van der Waals surface area contributed by atoms with Crippen molar-refractivity contribution in [3.8, 4) is 5.75 Å². The highest BCUT2D eigenvalue weighted by Crippen LogP contribution is 2.19. The van der Waals surface area contributed by atoms with Crippen LogP contribution in [0.3, 0.4) is 0 Å². The molecule has 0 aliphatic carbocycles. The normalized spacial score (nSPS) is 10.5. The molecule has 0 aliphatic rings. The second kappa shape index (κ2) is 6.88. The molecule has 0 heterocycles. The third kappa shape index (κ3) is 3.81. The first kappa shape index (κ1) is 15.0. The fraction of sp³-hybridized carbons (Fsp3) is 0.235. The Morgan fingerprint density at radius 2 is 1.71 bits per heavy atom. The highest BCUT2D eigenvalue weighted by Gasteiger charge is 2.19. The van der Waals surface area contributed by atoms with E-state index in [2.05, 4.69) is 0 Å². The van der Waals surface area contributed by atoms with Gasteiger partial charge in [-0.05, 0) is 38.1 Å². The number of benzene rings is 2. The summed E-state index contributed by atoms with van der Waals surface area (Å²) in [5.74, 6) is -0.594. The van der Waals surface area contributed by atoms with Gasteiger partial charge in [0.2, 0.25) is 0 Å². The van der Waals surface area contributed by atoms with Crippen LogP contribution in [0.15, 0.2) is 54.6 Å². The van der Waals surface area contributed by atoms with Crippen LogP contribution in [0.2, 0.25) is 0 Å². The average Bonchev–Trinajstić information content (AvgIpc) is 2.47. The van der Waals surface area contributed by atoms with Crippen LogP contribution < -0.4 is 9.64 Å². The number of amides is 1. The summed E-state index contributed by atoms with van der Waals surface area (Å²) in [6, 6.07) is 15.4. The fourth-order valence-corrected chi connectivity index (χ4v) is 2.09. The molecule has 0 aromatic heterocycles. The predicted molar refractivity (Wildman–Crippen MR) is 81.0 cm³/mol. The van der Waals surface area contributed by atoms with Crippen LogP contribution in [-0.2, 0) is 4.79 Å². The van der Waals surface area contributed by atoms with E-state index in [1.165, 1.54) is 12.1 Å². The van der Waals surface area contributed by atoms with Gasteiger partial charge in [0.1, 0.15) is 0 Å². The monoisotopic (exact) mass is 287 g/mol. The number of ether oxygens (including phenoxy) is 1. The summed E-state index contributed by atoms with van der Waals surface area (Å²) in [5, 5.41) is 0. The van der Waals surface area contributed by atoms with Gasteiger partial charge in [0, 0.05) is 11.7 Å². The van der Waals surface area contributed by atoms with Crippen molar-refractivity contribution in [2.24, 2.45) is 0 Å². The first-order valence-corrected chi connectivity index (χ1v) is 6.84. The van der Waals surface area contributed by atoms with Gasteiger partial charge < -0.3 is 9.64 Å². The summed E-state index contributed by atoms with van der Waals surface area (Å²) < 4.78 is 18.8. The van der Waals surface area contributed by atoms with E-state index in [1.54, 1.807) is 17.0 Å². The van der Waals surface area contributed by atoms with E-state index >= 15 is 0 Å². The Morgan fingerprint density at radius 1 is 1.10 bits per heavy atom. The number of hydrogen-bond donors (Lipinski definition) is 0. The molecule has 1 amide bonds. The number of para-hydroxylation sites is 2. The summed E-state index contributed by atoms with van der Waals surface area (Å²) in [7, 11) is 0. The summed E-state index contributed by atoms with van der Waals surface area (Å²) in [6.45, 7) is 3.65. The SMILES string of the molecule is CC(C)N(C(=O)COc1ccccc1F)c1ccccc1. The second-order valence-corrected chi connectivity index (χ2v) is 4.91. The summed E-state index contributed by atoms with van der Waals surface area (Å²) in [5.41, 5.74) is 0.801. The van der Waals surface area contributed by atoms with Crippen LogP contribution in [0.4, 0.5) is 10.1 Å². The van der Waals surface area contributed by atoms with Crippen molar-refractivity contribution in [3.05, 3.63) is 60.4 Å². The Balaban J connectivity index is 2.08.